The van der Waals surface area contributed by atoms with Crippen molar-refractivity contribution in [3.63, 3.8) is 0 Å². The van der Waals surface area contributed by atoms with Crippen LogP contribution in [-0.2, 0) is 11.3 Å². The summed E-state index contributed by atoms with van der Waals surface area (Å²) in [5, 5.41) is 1.41. The number of guanidine groups is 1. The molecule has 0 amide bonds. The largest absolute Gasteiger partial charge is 0.338 e. The Hall–Kier alpha value is -2.80. The van der Waals surface area contributed by atoms with Gasteiger partial charge in [-0.15, -0.1) is 0 Å². The number of aryl methyl sites for hydroxylation is 1. The smallest absolute Gasteiger partial charge is 0.335 e. The molecule has 2 aromatic rings. The molecule has 2 aliphatic rings. The number of para-hydroxylation sites is 1. The molecule has 6 nitrogen and oxygen atoms in total. The van der Waals surface area contributed by atoms with Crippen LogP contribution in [0.5, 0.6) is 0 Å². The number of carbonyl (C=O) groups excluding carboxylic acids is 1. The number of unbranched alkanes of at least 4 members (excludes halogenated alkanes) is 2. The molecule has 0 atom stereocenters. The number of ketones is 1. The van der Waals surface area contributed by atoms with Gasteiger partial charge in [0.25, 0.3) is 0 Å². The SMILES string of the molecule is NC(N)=[NH+]CCCC(=O)CCCCC[n+]1ccc(C2=C3Sc4ccccc4N3CCC2)cc1. The molecule has 0 radical (unpaired) electrons. The van der Waals surface area contributed by atoms with Gasteiger partial charge in [0.2, 0.25) is 0 Å². The molecule has 0 unspecified atom stereocenters. The summed E-state index contributed by atoms with van der Waals surface area (Å²) < 4.78 is 2.26. The third kappa shape index (κ3) is 6.16. The van der Waals surface area contributed by atoms with Crippen molar-refractivity contribution in [3.8, 4) is 0 Å². The van der Waals surface area contributed by atoms with E-state index in [-0.39, 0.29) is 5.96 Å². The highest BCUT2D eigenvalue weighted by Gasteiger charge is 2.30. The molecule has 3 heterocycles. The Morgan fingerprint density at radius 1 is 1.03 bits per heavy atom. The number of pyridine rings is 1. The predicted molar refractivity (Wildman–Crippen MR) is 134 cm³/mol. The number of fused-ring (bicyclic) bond motifs is 3. The van der Waals surface area contributed by atoms with Gasteiger partial charge in [-0.1, -0.05) is 23.9 Å². The monoisotopic (exact) mass is 465 g/mol. The first-order valence-corrected chi connectivity index (χ1v) is 12.8. The zero-order valence-electron chi connectivity index (χ0n) is 19.3. The Labute approximate surface area is 200 Å². The van der Waals surface area contributed by atoms with E-state index < -0.39 is 0 Å². The number of nitrogens with two attached hydrogens (primary N) is 2. The van der Waals surface area contributed by atoms with Gasteiger partial charge in [0.15, 0.2) is 12.4 Å². The van der Waals surface area contributed by atoms with E-state index >= 15 is 0 Å². The van der Waals surface area contributed by atoms with Crippen molar-refractivity contribution in [3.05, 3.63) is 59.4 Å². The lowest BCUT2D eigenvalue weighted by atomic mass is 10.00. The molecule has 0 saturated heterocycles. The van der Waals surface area contributed by atoms with Crippen LogP contribution in [-0.4, -0.2) is 24.8 Å². The van der Waals surface area contributed by atoms with Gasteiger partial charge in [-0.3, -0.25) is 21.3 Å². The van der Waals surface area contributed by atoms with Crippen molar-refractivity contribution in [2.24, 2.45) is 11.5 Å². The van der Waals surface area contributed by atoms with Crippen LogP contribution in [0.2, 0.25) is 0 Å². The number of rotatable bonds is 11. The van der Waals surface area contributed by atoms with E-state index in [1.54, 1.807) is 0 Å². The molecular weight excluding hydrogens is 430 g/mol. The second kappa shape index (κ2) is 11.4. The maximum atomic E-state index is 11.9. The quantitative estimate of drug-likeness (QED) is 0.205. The number of allylic oxidation sites excluding steroid dienone is 1. The number of Topliss-reactive ketones (excluding diaryl/α,β-unsaturated/α-hetero) is 1. The molecule has 2 aliphatic heterocycles. The van der Waals surface area contributed by atoms with E-state index in [9.17, 15) is 4.79 Å². The third-order valence-electron chi connectivity index (χ3n) is 6.25. The molecule has 0 saturated carbocycles. The summed E-state index contributed by atoms with van der Waals surface area (Å²) in [5.74, 6) is 0.543. The summed E-state index contributed by atoms with van der Waals surface area (Å²) in [4.78, 5) is 18.7. The Morgan fingerprint density at radius 2 is 1.82 bits per heavy atom. The Bertz CT molecular complexity index is 1030. The topological polar surface area (TPSA) is 90.2 Å². The Balaban J connectivity index is 1.23. The highest BCUT2D eigenvalue weighted by molar-refractivity contribution is 8.04. The van der Waals surface area contributed by atoms with Crippen LogP contribution in [0, 0.1) is 0 Å². The fourth-order valence-corrected chi connectivity index (χ4v) is 5.80. The Morgan fingerprint density at radius 3 is 2.64 bits per heavy atom. The van der Waals surface area contributed by atoms with Crippen LogP contribution in [0.3, 0.4) is 0 Å². The number of nitrogens with zero attached hydrogens (tertiary/aromatic N) is 2. The molecule has 4 rings (SSSR count). The normalized spacial score (nSPS) is 14.7. The van der Waals surface area contributed by atoms with Crippen LogP contribution in [0.25, 0.3) is 5.57 Å². The number of hydrogen-bond donors (Lipinski definition) is 3. The zero-order chi connectivity index (χ0) is 23.0. The van der Waals surface area contributed by atoms with Gasteiger partial charge in [0.05, 0.1) is 17.3 Å². The molecule has 0 bridgehead atoms. The standard InChI is InChI=1S/C26H34N5OS/c27-26(28)29-15-6-9-21(32)8-2-1-5-16-30-18-13-20(14-19-30)22-10-7-17-31-23-11-3-4-12-24(23)33-25(22)31/h3-4,11-14,18-19H,1-2,5-10,15-17H2,(H4,27,28,29)/q+1/p+1. The van der Waals surface area contributed by atoms with E-state index in [2.05, 4.69) is 63.3 Å². The lowest BCUT2D eigenvalue weighted by Gasteiger charge is -2.28. The average Bonchev–Trinajstić information content (AvgIpc) is 3.21. The fourth-order valence-electron chi connectivity index (χ4n) is 4.51. The van der Waals surface area contributed by atoms with E-state index in [1.165, 1.54) is 33.2 Å². The summed E-state index contributed by atoms with van der Waals surface area (Å²) >= 11 is 1.91. The molecule has 0 spiro atoms. The molecule has 0 aliphatic carbocycles. The highest BCUT2D eigenvalue weighted by atomic mass is 32.2. The van der Waals surface area contributed by atoms with Crippen molar-refractivity contribution >= 4 is 34.8 Å². The summed E-state index contributed by atoms with van der Waals surface area (Å²) in [7, 11) is 0. The molecule has 174 valence electrons. The van der Waals surface area contributed by atoms with E-state index in [1.807, 2.05) is 11.8 Å². The number of carbonyl (C=O) groups is 1. The molecule has 0 fully saturated rings. The predicted octanol–water partition coefficient (Wildman–Crippen LogP) is 2.31. The maximum absolute atomic E-state index is 11.9. The maximum Gasteiger partial charge on any atom is 0.338 e. The van der Waals surface area contributed by atoms with Gasteiger partial charge in [0, 0.05) is 42.8 Å². The second-order valence-electron chi connectivity index (χ2n) is 8.77. The van der Waals surface area contributed by atoms with Gasteiger partial charge in [-0.2, -0.15) is 0 Å². The molecule has 1 aromatic heterocycles. The molecular formula is C26H35N5OS+2. The van der Waals surface area contributed by atoms with Crippen molar-refractivity contribution in [1.82, 2.24) is 0 Å². The lowest BCUT2D eigenvalue weighted by molar-refractivity contribution is -0.697. The fraction of sp³-hybridized carbons (Fsp3) is 0.423. The average molecular weight is 466 g/mol. The summed E-state index contributed by atoms with van der Waals surface area (Å²) in [6.07, 6.45) is 11.9. The van der Waals surface area contributed by atoms with E-state index in [4.69, 9.17) is 11.5 Å². The number of benzene rings is 1. The minimum Gasteiger partial charge on any atom is -0.335 e. The number of hydrogen-bond acceptors (Lipinski definition) is 3. The highest BCUT2D eigenvalue weighted by Crippen LogP contribution is 2.51. The first kappa shape index (κ1) is 23.4. The third-order valence-corrected chi connectivity index (χ3v) is 7.47. The molecule has 7 heteroatoms. The van der Waals surface area contributed by atoms with Gasteiger partial charge < -0.3 is 4.90 Å². The van der Waals surface area contributed by atoms with Crippen molar-refractivity contribution in [2.45, 2.75) is 62.8 Å². The number of nitrogens with one attached hydrogen (secondary N) is 1. The van der Waals surface area contributed by atoms with Crippen LogP contribution in [0.1, 0.15) is 56.9 Å². The first-order chi connectivity index (χ1) is 16.1. The second-order valence-corrected chi connectivity index (χ2v) is 9.80. The molecule has 33 heavy (non-hydrogen) atoms. The van der Waals surface area contributed by atoms with Crippen LogP contribution in [0.15, 0.2) is 58.7 Å². The Kier molecular flexibility index (Phi) is 8.05. The minimum atomic E-state index is 0.217. The van der Waals surface area contributed by atoms with Crippen LogP contribution in [0.4, 0.5) is 5.69 Å². The first-order valence-electron chi connectivity index (χ1n) is 12.0. The van der Waals surface area contributed by atoms with Crippen molar-refractivity contribution in [1.29, 1.82) is 0 Å². The van der Waals surface area contributed by atoms with Crippen LogP contribution < -0.4 is 25.9 Å². The summed E-state index contributed by atoms with van der Waals surface area (Å²) in [5.41, 5.74) is 14.8. The minimum absolute atomic E-state index is 0.217. The number of anilines is 1. The van der Waals surface area contributed by atoms with Gasteiger partial charge >= 0.3 is 5.96 Å². The van der Waals surface area contributed by atoms with E-state index in [0.717, 1.165) is 45.2 Å². The van der Waals surface area contributed by atoms with Gasteiger partial charge in [-0.25, -0.2) is 4.57 Å². The van der Waals surface area contributed by atoms with Crippen LogP contribution >= 0.6 is 11.8 Å². The van der Waals surface area contributed by atoms with Crippen molar-refractivity contribution < 1.29 is 14.4 Å². The lowest BCUT2D eigenvalue weighted by Crippen LogP contribution is -2.78. The van der Waals surface area contributed by atoms with Crippen molar-refractivity contribution in [2.75, 3.05) is 18.0 Å². The van der Waals surface area contributed by atoms with Gasteiger partial charge in [0.1, 0.15) is 12.3 Å². The molecule has 1 aromatic carbocycles. The summed E-state index contributed by atoms with van der Waals surface area (Å²) in [6, 6.07) is 13.2. The molecule has 5 N–H and O–H groups in total. The number of aromatic nitrogens is 1. The van der Waals surface area contributed by atoms with Gasteiger partial charge in [-0.05, 0) is 55.4 Å². The zero-order valence-corrected chi connectivity index (χ0v) is 20.1. The number of thioether (sulfide) groups is 1. The summed E-state index contributed by atoms with van der Waals surface area (Å²) in [6.45, 7) is 2.75. The van der Waals surface area contributed by atoms with E-state index in [0.29, 0.717) is 25.2 Å².